The second-order valence-electron chi connectivity index (χ2n) is 6.85. The largest absolute Gasteiger partial charge is 0.432 e. The van der Waals surface area contributed by atoms with E-state index in [1.807, 2.05) is 0 Å². The Labute approximate surface area is 176 Å². The van der Waals surface area contributed by atoms with E-state index in [1.165, 1.54) is 29.2 Å². The third-order valence-electron chi connectivity index (χ3n) is 4.63. The average Bonchev–Trinajstić information content (AvgIpc) is 3.14. The van der Waals surface area contributed by atoms with Gasteiger partial charge in [-0.1, -0.05) is 35.9 Å². The van der Waals surface area contributed by atoms with Gasteiger partial charge in [0.05, 0.1) is 16.8 Å². The van der Waals surface area contributed by atoms with Gasteiger partial charge in [-0.15, -0.1) is 0 Å². The van der Waals surface area contributed by atoms with Gasteiger partial charge in [0.2, 0.25) is 0 Å². The fraction of sp³-hybridized carbons (Fsp3) is 0.238. The molecule has 3 N–H and O–H groups in total. The number of carbonyl (C=O) groups is 1. The van der Waals surface area contributed by atoms with Crippen molar-refractivity contribution in [2.24, 2.45) is 0 Å². The maximum absolute atomic E-state index is 12.9. The molecule has 1 atom stereocenters. The fourth-order valence-corrected chi connectivity index (χ4v) is 3.21. The van der Waals surface area contributed by atoms with Crippen molar-refractivity contribution in [1.82, 2.24) is 4.90 Å². The van der Waals surface area contributed by atoms with E-state index < -0.39 is 18.0 Å². The standard InChI is InChI=1S/C21H19ClF3N3O2/c22-16-3-1-2-4-17(16)27-18(11-19(26)21(23,24)25)13-5-7-14(8-6-13)20(30)28-10-9-15(29)12-28/h1-8,11,15,26-27,29H,9-10,12H2/b18-11-,26-19?. The monoisotopic (exact) mass is 437 g/mol. The minimum Gasteiger partial charge on any atom is -0.391 e. The zero-order valence-corrected chi connectivity index (χ0v) is 16.5. The second-order valence-corrected chi connectivity index (χ2v) is 7.25. The number of halogens is 4. The summed E-state index contributed by atoms with van der Waals surface area (Å²) < 4.78 is 38.8. The molecule has 0 spiro atoms. The minimum absolute atomic E-state index is 0.0148. The Balaban J connectivity index is 1.89. The first-order chi connectivity index (χ1) is 14.1. The number of allylic oxidation sites excluding steroid dienone is 1. The molecule has 1 unspecified atom stereocenters. The lowest BCUT2D eigenvalue weighted by Gasteiger charge is -2.17. The quantitative estimate of drug-likeness (QED) is 0.599. The van der Waals surface area contributed by atoms with Crippen LogP contribution in [0.3, 0.4) is 0 Å². The number of aliphatic hydroxyl groups is 1. The van der Waals surface area contributed by atoms with Gasteiger partial charge in [-0.2, -0.15) is 13.2 Å². The van der Waals surface area contributed by atoms with Gasteiger partial charge in [0, 0.05) is 24.4 Å². The topological polar surface area (TPSA) is 76.4 Å². The first-order valence-corrected chi connectivity index (χ1v) is 9.49. The molecule has 1 fully saturated rings. The van der Waals surface area contributed by atoms with Crippen LogP contribution in [0.15, 0.2) is 54.6 Å². The van der Waals surface area contributed by atoms with E-state index in [0.29, 0.717) is 40.9 Å². The molecule has 158 valence electrons. The third kappa shape index (κ3) is 5.20. The van der Waals surface area contributed by atoms with Crippen molar-refractivity contribution in [2.75, 3.05) is 18.4 Å². The summed E-state index contributed by atoms with van der Waals surface area (Å²) in [6.07, 6.45) is -4.16. The number of nitrogens with zero attached hydrogens (tertiary/aromatic N) is 1. The van der Waals surface area contributed by atoms with Crippen LogP contribution in [0.2, 0.25) is 5.02 Å². The number of aliphatic hydroxyl groups excluding tert-OH is 1. The van der Waals surface area contributed by atoms with Gasteiger partial charge in [-0.3, -0.25) is 10.2 Å². The number of nitrogens with one attached hydrogen (secondary N) is 2. The van der Waals surface area contributed by atoms with Crippen molar-refractivity contribution in [2.45, 2.75) is 18.7 Å². The van der Waals surface area contributed by atoms with E-state index in [0.717, 1.165) is 0 Å². The van der Waals surface area contributed by atoms with Gasteiger partial charge < -0.3 is 15.3 Å². The number of anilines is 1. The summed E-state index contributed by atoms with van der Waals surface area (Å²) >= 11 is 6.10. The number of β-amino-alcohol motifs (C(OH)–C–C–N with tert-alkyl or cyclic N) is 1. The van der Waals surface area contributed by atoms with Crippen LogP contribution in [-0.4, -0.2) is 47.0 Å². The number of hydrogen-bond donors (Lipinski definition) is 3. The second kappa shape index (κ2) is 8.89. The molecule has 0 bridgehead atoms. The third-order valence-corrected chi connectivity index (χ3v) is 4.96. The molecule has 0 saturated carbocycles. The number of carbonyl (C=O) groups excluding carboxylic acids is 1. The molecule has 1 saturated heterocycles. The van der Waals surface area contributed by atoms with Crippen molar-refractivity contribution in [3.8, 4) is 0 Å². The SMILES string of the molecule is N=C(/C=C(\Nc1ccccc1Cl)c1ccc(C(=O)N2CCC(O)C2)cc1)C(F)(F)F. The molecule has 1 heterocycles. The number of hydrogen-bond acceptors (Lipinski definition) is 4. The summed E-state index contributed by atoms with van der Waals surface area (Å²) in [6.45, 7) is 0.701. The first kappa shape index (κ1) is 21.9. The van der Waals surface area contributed by atoms with Crippen LogP contribution in [-0.2, 0) is 0 Å². The number of para-hydroxylation sites is 1. The molecule has 1 aliphatic rings. The predicted molar refractivity (Wildman–Crippen MR) is 110 cm³/mol. The fourth-order valence-electron chi connectivity index (χ4n) is 3.03. The molecular weight excluding hydrogens is 419 g/mol. The van der Waals surface area contributed by atoms with Crippen molar-refractivity contribution in [1.29, 1.82) is 5.41 Å². The summed E-state index contributed by atoms with van der Waals surface area (Å²) in [6, 6.07) is 12.5. The Morgan fingerprint density at radius 2 is 1.80 bits per heavy atom. The molecule has 2 aromatic carbocycles. The van der Waals surface area contributed by atoms with Crippen LogP contribution in [0.4, 0.5) is 18.9 Å². The van der Waals surface area contributed by atoms with E-state index in [-0.39, 0.29) is 18.1 Å². The van der Waals surface area contributed by atoms with Crippen molar-refractivity contribution < 1.29 is 23.1 Å². The molecule has 5 nitrogen and oxygen atoms in total. The molecule has 3 rings (SSSR count). The lowest BCUT2D eigenvalue weighted by atomic mass is 10.1. The molecule has 30 heavy (non-hydrogen) atoms. The average molecular weight is 438 g/mol. The molecule has 2 aromatic rings. The van der Waals surface area contributed by atoms with Crippen LogP contribution in [0, 0.1) is 5.41 Å². The highest BCUT2D eigenvalue weighted by Crippen LogP contribution is 2.27. The molecule has 0 radical (unpaired) electrons. The maximum Gasteiger partial charge on any atom is 0.432 e. The van der Waals surface area contributed by atoms with Gasteiger partial charge in [-0.05, 0) is 42.3 Å². The Morgan fingerprint density at radius 3 is 2.37 bits per heavy atom. The van der Waals surface area contributed by atoms with E-state index >= 15 is 0 Å². The highest BCUT2D eigenvalue weighted by molar-refractivity contribution is 6.33. The van der Waals surface area contributed by atoms with Crippen molar-refractivity contribution >= 4 is 34.6 Å². The maximum atomic E-state index is 12.9. The van der Waals surface area contributed by atoms with E-state index in [1.54, 1.807) is 24.3 Å². The summed E-state index contributed by atoms with van der Waals surface area (Å²) in [5.41, 5.74) is -0.423. The van der Waals surface area contributed by atoms with Gasteiger partial charge >= 0.3 is 6.18 Å². The highest BCUT2D eigenvalue weighted by Gasteiger charge is 2.33. The zero-order chi connectivity index (χ0) is 21.9. The van der Waals surface area contributed by atoms with E-state index in [4.69, 9.17) is 17.0 Å². The van der Waals surface area contributed by atoms with Crippen molar-refractivity contribution in [3.05, 3.63) is 70.8 Å². The molecule has 0 aliphatic carbocycles. The van der Waals surface area contributed by atoms with Crippen LogP contribution >= 0.6 is 11.6 Å². The Kier molecular flexibility index (Phi) is 6.48. The van der Waals surface area contributed by atoms with E-state index in [9.17, 15) is 23.1 Å². The van der Waals surface area contributed by atoms with Gasteiger partial charge in [0.25, 0.3) is 5.91 Å². The van der Waals surface area contributed by atoms with Gasteiger partial charge in [0.1, 0.15) is 5.71 Å². The smallest absolute Gasteiger partial charge is 0.391 e. The molecular formula is C21H19ClF3N3O2. The normalized spacial score (nSPS) is 17.2. The Hall–Kier alpha value is -2.84. The molecule has 0 aromatic heterocycles. The van der Waals surface area contributed by atoms with Crippen LogP contribution in [0.5, 0.6) is 0 Å². The Morgan fingerprint density at radius 1 is 1.17 bits per heavy atom. The number of amides is 1. The lowest BCUT2D eigenvalue weighted by molar-refractivity contribution is -0.0583. The number of rotatable bonds is 5. The Bertz CT molecular complexity index is 974. The highest BCUT2D eigenvalue weighted by atomic mass is 35.5. The number of alkyl halides is 3. The zero-order valence-electron chi connectivity index (χ0n) is 15.7. The number of benzene rings is 2. The van der Waals surface area contributed by atoms with Crippen LogP contribution in [0.25, 0.3) is 5.70 Å². The predicted octanol–water partition coefficient (Wildman–Crippen LogP) is 4.58. The van der Waals surface area contributed by atoms with Crippen molar-refractivity contribution in [3.63, 3.8) is 0 Å². The summed E-state index contributed by atoms with van der Waals surface area (Å²) in [5.74, 6) is -0.259. The van der Waals surface area contributed by atoms with Crippen LogP contribution in [0.1, 0.15) is 22.3 Å². The summed E-state index contributed by atoms with van der Waals surface area (Å²) in [7, 11) is 0. The summed E-state index contributed by atoms with van der Waals surface area (Å²) in [4.78, 5) is 14.0. The molecule has 1 amide bonds. The van der Waals surface area contributed by atoms with Crippen LogP contribution < -0.4 is 5.32 Å². The first-order valence-electron chi connectivity index (χ1n) is 9.12. The molecule has 1 aliphatic heterocycles. The molecule has 9 heteroatoms. The lowest BCUT2D eigenvalue weighted by Crippen LogP contribution is -2.29. The van der Waals surface area contributed by atoms with Gasteiger partial charge in [-0.25, -0.2) is 0 Å². The summed E-state index contributed by atoms with van der Waals surface area (Å²) in [5, 5.41) is 20.1. The van der Waals surface area contributed by atoms with Gasteiger partial charge in [0.15, 0.2) is 0 Å². The minimum atomic E-state index is -4.81. The van der Waals surface area contributed by atoms with E-state index in [2.05, 4.69) is 5.32 Å². The number of likely N-dealkylation sites (tertiary alicyclic amines) is 1.